The first kappa shape index (κ1) is 12.2. The van der Waals surface area contributed by atoms with Crippen molar-refractivity contribution in [2.75, 3.05) is 7.11 Å². The Morgan fingerprint density at radius 3 is 2.81 bits per heavy atom. The number of benzene rings is 1. The summed E-state index contributed by atoms with van der Waals surface area (Å²) in [5.74, 6) is 0.892. The minimum Gasteiger partial charge on any atom is -0.497 e. The summed E-state index contributed by atoms with van der Waals surface area (Å²) in [7, 11) is 1.69. The number of hydrogen-bond donors (Lipinski definition) is 0. The molecule has 2 rings (SSSR count). The zero-order valence-electron chi connectivity index (χ0n) is 8.84. The SMILES string of the molecule is C=CCn1c(I)c(I)c2ccc(OC)cc21. The highest BCUT2D eigenvalue weighted by molar-refractivity contribution is 14.1. The van der Waals surface area contributed by atoms with E-state index in [9.17, 15) is 0 Å². The van der Waals surface area contributed by atoms with Crippen LogP contribution in [0.5, 0.6) is 5.75 Å². The van der Waals surface area contributed by atoms with Crippen molar-refractivity contribution < 1.29 is 4.74 Å². The molecule has 0 aliphatic rings. The molecule has 1 aromatic carbocycles. The van der Waals surface area contributed by atoms with E-state index in [0.717, 1.165) is 12.3 Å². The van der Waals surface area contributed by atoms with Crippen LogP contribution in [0.25, 0.3) is 10.9 Å². The molecule has 0 aliphatic carbocycles. The first-order valence-electron chi connectivity index (χ1n) is 4.81. The number of ether oxygens (including phenoxy) is 1. The maximum Gasteiger partial charge on any atom is 0.120 e. The number of halogens is 2. The molecular formula is C12H11I2NO. The van der Waals surface area contributed by atoms with E-state index in [1.807, 2.05) is 12.1 Å². The van der Waals surface area contributed by atoms with E-state index >= 15 is 0 Å². The van der Waals surface area contributed by atoms with E-state index in [2.05, 4.69) is 68.5 Å². The van der Waals surface area contributed by atoms with Crippen LogP contribution < -0.4 is 4.74 Å². The highest BCUT2D eigenvalue weighted by Gasteiger charge is 2.12. The molecule has 0 fully saturated rings. The van der Waals surface area contributed by atoms with Gasteiger partial charge in [-0.3, -0.25) is 0 Å². The second-order valence-corrected chi connectivity index (χ2v) is 5.49. The smallest absolute Gasteiger partial charge is 0.120 e. The Kier molecular flexibility index (Phi) is 3.78. The summed E-state index contributed by atoms with van der Waals surface area (Å²) in [6, 6.07) is 6.18. The molecule has 1 aromatic heterocycles. The maximum atomic E-state index is 5.26. The number of fused-ring (bicyclic) bond motifs is 1. The van der Waals surface area contributed by atoms with Gasteiger partial charge in [-0.2, -0.15) is 0 Å². The summed E-state index contributed by atoms with van der Waals surface area (Å²) in [5, 5.41) is 1.27. The predicted molar refractivity (Wildman–Crippen MR) is 84.1 cm³/mol. The van der Waals surface area contributed by atoms with Crippen molar-refractivity contribution in [3.05, 3.63) is 38.1 Å². The van der Waals surface area contributed by atoms with Crippen molar-refractivity contribution in [2.24, 2.45) is 0 Å². The Hall–Kier alpha value is -0.240. The third kappa shape index (κ3) is 1.97. The van der Waals surface area contributed by atoms with Gasteiger partial charge in [0.05, 0.1) is 19.9 Å². The lowest BCUT2D eigenvalue weighted by molar-refractivity contribution is 0.415. The molecule has 0 unspecified atom stereocenters. The van der Waals surface area contributed by atoms with Crippen LogP contribution in [-0.2, 0) is 6.54 Å². The van der Waals surface area contributed by atoms with Gasteiger partial charge in [-0.15, -0.1) is 6.58 Å². The number of rotatable bonds is 3. The molecule has 0 aliphatic heterocycles. The highest BCUT2D eigenvalue weighted by atomic mass is 127. The number of methoxy groups -OCH3 is 1. The zero-order valence-corrected chi connectivity index (χ0v) is 13.2. The van der Waals surface area contributed by atoms with E-state index in [0.29, 0.717) is 0 Å². The summed E-state index contributed by atoms with van der Waals surface area (Å²) in [6.45, 7) is 4.62. The van der Waals surface area contributed by atoms with Gasteiger partial charge in [0, 0.05) is 18.0 Å². The van der Waals surface area contributed by atoms with Crippen LogP contribution in [0.4, 0.5) is 0 Å². The molecule has 1 heterocycles. The Bertz CT molecular complexity index is 545. The molecule has 2 aromatic rings. The summed E-state index contributed by atoms with van der Waals surface area (Å²) in [6.07, 6.45) is 1.91. The first-order chi connectivity index (χ1) is 7.69. The molecule has 0 amide bonds. The fraction of sp³-hybridized carbons (Fsp3) is 0.167. The highest BCUT2D eigenvalue weighted by Crippen LogP contribution is 2.31. The lowest BCUT2D eigenvalue weighted by Gasteiger charge is -2.04. The Labute approximate surface area is 122 Å². The van der Waals surface area contributed by atoms with Crippen molar-refractivity contribution >= 4 is 56.1 Å². The average Bonchev–Trinajstić information content (AvgIpc) is 2.54. The minimum atomic E-state index is 0.824. The number of nitrogens with zero attached hydrogens (tertiary/aromatic N) is 1. The second-order valence-electron chi connectivity index (χ2n) is 3.39. The number of allylic oxidation sites excluding steroid dienone is 1. The van der Waals surface area contributed by atoms with Crippen LogP contribution in [0.2, 0.25) is 0 Å². The first-order valence-corrected chi connectivity index (χ1v) is 6.97. The summed E-state index contributed by atoms with van der Waals surface area (Å²) >= 11 is 4.76. The lowest BCUT2D eigenvalue weighted by Crippen LogP contribution is -1.97. The third-order valence-electron chi connectivity index (χ3n) is 2.46. The molecule has 0 radical (unpaired) electrons. The molecule has 0 saturated carbocycles. The summed E-state index contributed by atoms with van der Waals surface area (Å²) in [4.78, 5) is 0. The van der Waals surface area contributed by atoms with Crippen LogP contribution in [0.15, 0.2) is 30.9 Å². The standard InChI is InChI=1S/C12H11I2NO/c1-3-6-15-10-7-8(16-2)4-5-9(10)11(13)12(15)14/h3-5,7H,1,6H2,2H3. The van der Waals surface area contributed by atoms with Crippen LogP contribution in [0, 0.1) is 7.27 Å². The fourth-order valence-electron chi connectivity index (χ4n) is 1.69. The summed E-state index contributed by atoms with van der Waals surface area (Å²) in [5.41, 5.74) is 1.20. The molecule has 0 saturated heterocycles. The van der Waals surface area contributed by atoms with Crippen molar-refractivity contribution in [1.29, 1.82) is 0 Å². The van der Waals surface area contributed by atoms with E-state index < -0.39 is 0 Å². The Morgan fingerprint density at radius 1 is 1.44 bits per heavy atom. The minimum absolute atomic E-state index is 0.824. The van der Waals surface area contributed by atoms with Crippen LogP contribution >= 0.6 is 45.2 Å². The quantitative estimate of drug-likeness (QED) is 0.521. The molecule has 0 spiro atoms. The van der Waals surface area contributed by atoms with Crippen LogP contribution in [0.1, 0.15) is 0 Å². The van der Waals surface area contributed by atoms with Gasteiger partial charge in [0.2, 0.25) is 0 Å². The average molecular weight is 439 g/mol. The monoisotopic (exact) mass is 439 g/mol. The molecule has 16 heavy (non-hydrogen) atoms. The van der Waals surface area contributed by atoms with Gasteiger partial charge < -0.3 is 9.30 Å². The summed E-state index contributed by atoms with van der Waals surface area (Å²) < 4.78 is 10.0. The molecule has 0 bridgehead atoms. The number of aromatic nitrogens is 1. The molecule has 2 nitrogen and oxygen atoms in total. The molecule has 0 N–H and O–H groups in total. The van der Waals surface area contributed by atoms with Gasteiger partial charge in [-0.25, -0.2) is 0 Å². The van der Waals surface area contributed by atoms with Gasteiger partial charge >= 0.3 is 0 Å². The Balaban J connectivity index is 2.75. The molecule has 84 valence electrons. The maximum absolute atomic E-state index is 5.26. The van der Waals surface area contributed by atoms with E-state index in [1.54, 1.807) is 7.11 Å². The van der Waals surface area contributed by atoms with Crippen LogP contribution in [-0.4, -0.2) is 11.7 Å². The number of hydrogen-bond acceptors (Lipinski definition) is 1. The van der Waals surface area contributed by atoms with Gasteiger partial charge in [-0.1, -0.05) is 6.08 Å². The van der Waals surface area contributed by atoms with Crippen molar-refractivity contribution in [3.63, 3.8) is 0 Å². The zero-order chi connectivity index (χ0) is 11.7. The van der Waals surface area contributed by atoms with E-state index in [4.69, 9.17) is 4.74 Å². The van der Waals surface area contributed by atoms with Crippen molar-refractivity contribution in [1.82, 2.24) is 4.57 Å². The van der Waals surface area contributed by atoms with E-state index in [1.165, 1.54) is 18.2 Å². The van der Waals surface area contributed by atoms with Gasteiger partial charge in [0.1, 0.15) is 5.75 Å². The van der Waals surface area contributed by atoms with Gasteiger partial charge in [-0.05, 0) is 57.3 Å². The topological polar surface area (TPSA) is 14.2 Å². The second kappa shape index (κ2) is 4.95. The largest absolute Gasteiger partial charge is 0.497 e. The molecule has 4 heteroatoms. The van der Waals surface area contributed by atoms with Gasteiger partial charge in [0.15, 0.2) is 0 Å². The molecule has 0 atom stereocenters. The van der Waals surface area contributed by atoms with Crippen molar-refractivity contribution in [2.45, 2.75) is 6.54 Å². The third-order valence-corrected chi connectivity index (χ3v) is 5.71. The molecular weight excluding hydrogens is 428 g/mol. The van der Waals surface area contributed by atoms with Crippen molar-refractivity contribution in [3.8, 4) is 5.75 Å². The van der Waals surface area contributed by atoms with Crippen LogP contribution in [0.3, 0.4) is 0 Å². The fourth-order valence-corrected chi connectivity index (χ4v) is 3.18. The lowest BCUT2D eigenvalue weighted by atomic mass is 10.2. The Morgan fingerprint density at radius 2 is 2.19 bits per heavy atom. The predicted octanol–water partition coefficient (Wildman–Crippen LogP) is 4.05. The van der Waals surface area contributed by atoms with Gasteiger partial charge in [0.25, 0.3) is 0 Å². The normalized spacial score (nSPS) is 10.7. The van der Waals surface area contributed by atoms with E-state index in [-0.39, 0.29) is 0 Å².